The van der Waals surface area contributed by atoms with Crippen LogP contribution in [0, 0.1) is 18.6 Å². The van der Waals surface area contributed by atoms with Crippen molar-refractivity contribution in [3.05, 3.63) is 34.4 Å². The van der Waals surface area contributed by atoms with Crippen LogP contribution in [-0.2, 0) is 11.2 Å². The maximum atomic E-state index is 13.7. The fourth-order valence-corrected chi connectivity index (χ4v) is 1.74. The number of halogens is 2. The van der Waals surface area contributed by atoms with Crippen LogP contribution < -0.4 is 0 Å². The molecule has 0 aliphatic carbocycles. The average Bonchev–Trinajstić information content (AvgIpc) is 2.37. The molecule has 2 rings (SSSR count). The van der Waals surface area contributed by atoms with E-state index < -0.39 is 17.4 Å². The van der Waals surface area contributed by atoms with E-state index in [4.69, 9.17) is 4.74 Å². The minimum absolute atomic E-state index is 0.134. The Morgan fingerprint density at radius 2 is 2.13 bits per heavy atom. The van der Waals surface area contributed by atoms with E-state index in [9.17, 15) is 13.6 Å². The molecule has 1 aliphatic heterocycles. The van der Waals surface area contributed by atoms with E-state index in [1.54, 1.807) is 0 Å². The number of carbonyl (C=O) groups excluding carboxylic acids is 1. The molecule has 0 aromatic heterocycles. The van der Waals surface area contributed by atoms with Gasteiger partial charge in [0.15, 0.2) is 5.78 Å². The molecule has 1 aromatic rings. The van der Waals surface area contributed by atoms with E-state index in [-0.39, 0.29) is 36.3 Å². The predicted octanol–water partition coefficient (Wildman–Crippen LogP) is 2.03. The molecular weight excluding hydrogens is 202 g/mol. The third-order valence-corrected chi connectivity index (χ3v) is 2.51. The van der Waals surface area contributed by atoms with Crippen LogP contribution in [-0.4, -0.2) is 19.0 Å². The van der Waals surface area contributed by atoms with Gasteiger partial charge in [-0.25, -0.2) is 8.78 Å². The summed E-state index contributed by atoms with van der Waals surface area (Å²) in [7, 11) is 0. The van der Waals surface area contributed by atoms with Crippen LogP contribution in [0.4, 0.5) is 8.78 Å². The summed E-state index contributed by atoms with van der Waals surface area (Å²) in [5.41, 5.74) is 0.159. The number of benzene rings is 1. The van der Waals surface area contributed by atoms with Crippen LogP contribution in [0.25, 0.3) is 0 Å². The first-order chi connectivity index (χ1) is 7.11. The number of rotatable bonds is 0. The Labute approximate surface area is 85.9 Å². The van der Waals surface area contributed by atoms with E-state index in [1.807, 2.05) is 0 Å². The molecule has 15 heavy (non-hydrogen) atoms. The summed E-state index contributed by atoms with van der Waals surface area (Å²) < 4.78 is 32.1. The minimum Gasteiger partial charge on any atom is -0.373 e. The number of ether oxygens (including phenoxy) is 1. The predicted molar refractivity (Wildman–Crippen MR) is 49.9 cm³/mol. The fourth-order valence-electron chi connectivity index (χ4n) is 1.74. The average molecular weight is 212 g/mol. The zero-order valence-corrected chi connectivity index (χ0v) is 8.27. The van der Waals surface area contributed by atoms with Gasteiger partial charge in [0, 0.05) is 5.56 Å². The van der Waals surface area contributed by atoms with Gasteiger partial charge in [0.05, 0.1) is 12.2 Å². The maximum absolute atomic E-state index is 13.7. The van der Waals surface area contributed by atoms with Gasteiger partial charge in [-0.3, -0.25) is 4.79 Å². The van der Waals surface area contributed by atoms with Crippen molar-refractivity contribution in [2.75, 3.05) is 13.2 Å². The number of hydrogen-bond acceptors (Lipinski definition) is 2. The second-order valence-electron chi connectivity index (χ2n) is 3.57. The van der Waals surface area contributed by atoms with Gasteiger partial charge in [0.1, 0.15) is 18.2 Å². The van der Waals surface area contributed by atoms with Crippen molar-refractivity contribution in [3.63, 3.8) is 0 Å². The maximum Gasteiger partial charge on any atom is 0.191 e. The topological polar surface area (TPSA) is 26.3 Å². The summed E-state index contributed by atoms with van der Waals surface area (Å²) in [5.74, 6) is -1.63. The SMILES string of the molecule is Cc1cc(F)c2c(c1F)C(=O)COCC2. The Morgan fingerprint density at radius 1 is 1.40 bits per heavy atom. The number of aryl methyl sites for hydroxylation is 1. The molecule has 0 fully saturated rings. The highest BCUT2D eigenvalue weighted by atomic mass is 19.1. The smallest absolute Gasteiger partial charge is 0.191 e. The molecule has 0 amide bonds. The lowest BCUT2D eigenvalue weighted by molar-refractivity contribution is 0.0785. The molecule has 1 aliphatic rings. The van der Waals surface area contributed by atoms with Gasteiger partial charge in [-0.2, -0.15) is 0 Å². The van der Waals surface area contributed by atoms with Gasteiger partial charge < -0.3 is 4.74 Å². The molecule has 2 nitrogen and oxygen atoms in total. The number of ketones is 1. The van der Waals surface area contributed by atoms with Crippen molar-refractivity contribution < 1.29 is 18.3 Å². The Kier molecular flexibility index (Phi) is 2.52. The van der Waals surface area contributed by atoms with Gasteiger partial charge in [-0.1, -0.05) is 0 Å². The van der Waals surface area contributed by atoms with Crippen LogP contribution in [0.2, 0.25) is 0 Å². The zero-order chi connectivity index (χ0) is 11.0. The first-order valence-corrected chi connectivity index (χ1v) is 4.69. The summed E-state index contributed by atoms with van der Waals surface area (Å²) >= 11 is 0. The molecule has 0 unspecified atom stereocenters. The van der Waals surface area contributed by atoms with Crippen molar-refractivity contribution in [3.8, 4) is 0 Å². The van der Waals surface area contributed by atoms with E-state index >= 15 is 0 Å². The van der Waals surface area contributed by atoms with Crippen LogP contribution in [0.3, 0.4) is 0 Å². The monoisotopic (exact) mass is 212 g/mol. The molecule has 1 aromatic carbocycles. The second kappa shape index (κ2) is 3.70. The van der Waals surface area contributed by atoms with Gasteiger partial charge in [0.25, 0.3) is 0 Å². The Hall–Kier alpha value is -1.29. The first kappa shape index (κ1) is 10.2. The molecule has 1 heterocycles. The molecule has 0 saturated carbocycles. The normalized spacial score (nSPS) is 16.1. The third-order valence-electron chi connectivity index (χ3n) is 2.51. The van der Waals surface area contributed by atoms with Crippen LogP contribution in [0.15, 0.2) is 6.07 Å². The second-order valence-corrected chi connectivity index (χ2v) is 3.57. The quantitative estimate of drug-likeness (QED) is 0.657. The first-order valence-electron chi connectivity index (χ1n) is 4.69. The molecule has 0 bridgehead atoms. The summed E-state index contributed by atoms with van der Waals surface area (Å²) in [5, 5.41) is 0. The van der Waals surface area contributed by atoms with Crippen molar-refractivity contribution in [1.29, 1.82) is 0 Å². The zero-order valence-electron chi connectivity index (χ0n) is 8.27. The summed E-state index contributed by atoms with van der Waals surface area (Å²) in [6.45, 7) is 1.52. The number of hydrogen-bond donors (Lipinski definition) is 0. The fraction of sp³-hybridized carbons (Fsp3) is 0.364. The van der Waals surface area contributed by atoms with Gasteiger partial charge in [0.2, 0.25) is 0 Å². The van der Waals surface area contributed by atoms with Gasteiger partial charge in [-0.15, -0.1) is 0 Å². The highest BCUT2D eigenvalue weighted by Gasteiger charge is 2.24. The lowest BCUT2D eigenvalue weighted by atomic mass is 9.98. The minimum atomic E-state index is -0.623. The van der Waals surface area contributed by atoms with E-state index in [2.05, 4.69) is 0 Å². The molecule has 0 saturated heterocycles. The molecule has 0 N–H and O–H groups in total. The van der Waals surface area contributed by atoms with Crippen molar-refractivity contribution in [2.45, 2.75) is 13.3 Å². The highest BCUT2D eigenvalue weighted by molar-refractivity contribution is 5.99. The van der Waals surface area contributed by atoms with Crippen molar-refractivity contribution in [1.82, 2.24) is 0 Å². The Bertz CT molecular complexity index is 427. The summed E-state index contributed by atoms with van der Waals surface area (Å²) in [6.07, 6.45) is 0.240. The lowest BCUT2D eigenvalue weighted by Crippen LogP contribution is -2.11. The van der Waals surface area contributed by atoms with Crippen LogP contribution in [0.5, 0.6) is 0 Å². The van der Waals surface area contributed by atoms with Gasteiger partial charge >= 0.3 is 0 Å². The molecule has 0 atom stereocenters. The molecule has 4 heteroatoms. The standard InChI is InChI=1S/C11H10F2O2/c1-6-4-8(12)7-2-3-15-5-9(14)10(7)11(6)13/h4H,2-3,5H2,1H3. The largest absolute Gasteiger partial charge is 0.373 e. The summed E-state index contributed by atoms with van der Waals surface area (Å²) in [6, 6.07) is 1.12. The van der Waals surface area contributed by atoms with Crippen molar-refractivity contribution >= 4 is 5.78 Å². The number of fused-ring (bicyclic) bond motifs is 1. The van der Waals surface area contributed by atoms with Crippen molar-refractivity contribution in [2.24, 2.45) is 0 Å². The number of Topliss-reactive ketones (excluding diaryl/α,β-unsaturated/α-hetero) is 1. The van der Waals surface area contributed by atoms with Crippen LogP contribution in [0.1, 0.15) is 21.5 Å². The van der Waals surface area contributed by atoms with E-state index in [1.165, 1.54) is 6.92 Å². The van der Waals surface area contributed by atoms with E-state index in [0.717, 1.165) is 6.07 Å². The molecule has 0 spiro atoms. The molecule has 80 valence electrons. The van der Waals surface area contributed by atoms with E-state index in [0.29, 0.717) is 0 Å². The van der Waals surface area contributed by atoms with Crippen LogP contribution >= 0.6 is 0 Å². The third kappa shape index (κ3) is 1.65. The molecule has 0 radical (unpaired) electrons. The molecular formula is C11H10F2O2. The lowest BCUT2D eigenvalue weighted by Gasteiger charge is -2.08. The Balaban J connectivity index is 2.69. The highest BCUT2D eigenvalue weighted by Crippen LogP contribution is 2.24. The number of carbonyl (C=O) groups is 1. The Morgan fingerprint density at radius 3 is 2.87 bits per heavy atom. The van der Waals surface area contributed by atoms with Gasteiger partial charge in [-0.05, 0) is 25.0 Å². The summed E-state index contributed by atoms with van der Waals surface area (Å²) in [4.78, 5) is 11.5.